The Morgan fingerprint density at radius 1 is 1.14 bits per heavy atom. The number of esters is 1. The molecule has 1 amide bonds. The lowest BCUT2D eigenvalue weighted by Crippen LogP contribution is -2.29. The number of carbonyl (C=O) groups is 3. The minimum atomic E-state index is -0.961. The molecule has 1 saturated heterocycles. The van der Waals surface area contributed by atoms with Crippen LogP contribution in [-0.4, -0.2) is 46.2 Å². The summed E-state index contributed by atoms with van der Waals surface area (Å²) in [4.78, 5) is 39.6. The molecule has 3 aromatic rings. The minimum absolute atomic E-state index is 0.0157. The summed E-state index contributed by atoms with van der Waals surface area (Å²) >= 11 is 1.16. The Labute approximate surface area is 204 Å². The maximum atomic E-state index is 13.3. The van der Waals surface area contributed by atoms with E-state index >= 15 is 0 Å². The second kappa shape index (κ2) is 8.62. The predicted molar refractivity (Wildman–Crippen MR) is 127 cm³/mol. The van der Waals surface area contributed by atoms with Crippen molar-refractivity contribution in [3.05, 3.63) is 75.3 Å². The van der Waals surface area contributed by atoms with Gasteiger partial charge < -0.3 is 14.6 Å². The van der Waals surface area contributed by atoms with Crippen molar-refractivity contribution in [2.75, 3.05) is 12.0 Å². The molecule has 0 unspecified atom stereocenters. The number of hydrogen-bond donors (Lipinski definition) is 1. The Balaban J connectivity index is 1.66. The van der Waals surface area contributed by atoms with Gasteiger partial charge in [-0.1, -0.05) is 23.5 Å². The van der Waals surface area contributed by atoms with Crippen molar-refractivity contribution in [1.82, 2.24) is 10.2 Å². The van der Waals surface area contributed by atoms with Crippen LogP contribution in [0.4, 0.5) is 5.13 Å². The molecule has 1 aromatic heterocycles. The zero-order valence-corrected chi connectivity index (χ0v) is 20.0. The molecule has 178 valence electrons. The standard InChI is InChI=1S/C25H21N3O6S/c1-12-10-17-11-16(8-9-18(17)34-12)21(29)19-20(14-4-6-15(7-5-14)24(32)33-3)28(23(31)22(19)30)25-27-26-13(2)35-25/h4-9,11-12,20,29H,10H2,1-3H3/t12-,20-/m0/s1. The molecule has 1 N–H and O–H groups in total. The van der Waals surface area contributed by atoms with Gasteiger partial charge in [-0.2, -0.15) is 0 Å². The molecule has 9 nitrogen and oxygen atoms in total. The van der Waals surface area contributed by atoms with E-state index in [1.54, 1.807) is 49.4 Å². The summed E-state index contributed by atoms with van der Waals surface area (Å²) in [5, 5.41) is 20.2. The molecule has 0 aliphatic carbocycles. The highest BCUT2D eigenvalue weighted by Gasteiger charge is 2.48. The first-order valence-electron chi connectivity index (χ1n) is 10.9. The molecule has 0 bridgehead atoms. The second-order valence-corrected chi connectivity index (χ2v) is 9.50. The third-order valence-electron chi connectivity index (χ3n) is 5.98. The number of carbonyl (C=O) groups excluding carboxylic acids is 3. The van der Waals surface area contributed by atoms with Gasteiger partial charge in [-0.05, 0) is 55.3 Å². The molecule has 10 heteroatoms. The summed E-state index contributed by atoms with van der Waals surface area (Å²) in [6.07, 6.45) is 0.690. The van der Waals surface area contributed by atoms with E-state index in [1.807, 2.05) is 6.92 Å². The molecule has 2 atom stereocenters. The van der Waals surface area contributed by atoms with E-state index in [0.717, 1.165) is 22.6 Å². The number of anilines is 1. The SMILES string of the molecule is COC(=O)c1ccc([C@H]2C(=C(O)c3ccc4c(c3)C[C@H](C)O4)C(=O)C(=O)N2c2nnc(C)s2)cc1. The summed E-state index contributed by atoms with van der Waals surface area (Å²) in [7, 11) is 1.28. The fraction of sp³-hybridized carbons (Fsp3) is 0.240. The molecule has 1 fully saturated rings. The number of ketones is 1. The number of nitrogens with zero attached hydrogens (tertiary/aromatic N) is 3. The number of aliphatic hydroxyl groups is 1. The molecular formula is C25H21N3O6S. The summed E-state index contributed by atoms with van der Waals surface area (Å²) in [6, 6.07) is 10.5. The van der Waals surface area contributed by atoms with E-state index in [9.17, 15) is 19.5 Å². The number of methoxy groups -OCH3 is 1. The van der Waals surface area contributed by atoms with Crippen molar-refractivity contribution in [1.29, 1.82) is 0 Å². The molecule has 0 radical (unpaired) electrons. The first-order valence-corrected chi connectivity index (χ1v) is 11.7. The van der Waals surface area contributed by atoms with Crippen molar-refractivity contribution in [2.24, 2.45) is 0 Å². The van der Waals surface area contributed by atoms with Crippen LogP contribution in [0.2, 0.25) is 0 Å². The summed E-state index contributed by atoms with van der Waals surface area (Å²) in [6.45, 7) is 3.69. The van der Waals surface area contributed by atoms with Crippen molar-refractivity contribution < 1.29 is 29.0 Å². The maximum absolute atomic E-state index is 13.3. The summed E-state index contributed by atoms with van der Waals surface area (Å²) in [5.74, 6) is -1.73. The van der Waals surface area contributed by atoms with Gasteiger partial charge in [0.05, 0.1) is 24.3 Å². The van der Waals surface area contributed by atoms with Gasteiger partial charge in [-0.25, -0.2) is 4.79 Å². The number of ether oxygens (including phenoxy) is 2. The van der Waals surface area contributed by atoms with E-state index in [-0.39, 0.29) is 22.6 Å². The van der Waals surface area contributed by atoms with Crippen LogP contribution in [-0.2, 0) is 20.7 Å². The lowest BCUT2D eigenvalue weighted by molar-refractivity contribution is -0.132. The number of rotatable bonds is 4. The van der Waals surface area contributed by atoms with E-state index in [2.05, 4.69) is 10.2 Å². The fourth-order valence-electron chi connectivity index (χ4n) is 4.37. The molecule has 2 aliphatic rings. The van der Waals surface area contributed by atoms with E-state index < -0.39 is 23.7 Å². The first-order chi connectivity index (χ1) is 16.8. The van der Waals surface area contributed by atoms with Crippen molar-refractivity contribution in [3.8, 4) is 5.75 Å². The molecule has 0 spiro atoms. The molecule has 5 rings (SSSR count). The highest BCUT2D eigenvalue weighted by Crippen LogP contribution is 2.43. The van der Waals surface area contributed by atoms with Gasteiger partial charge in [0.15, 0.2) is 0 Å². The van der Waals surface area contributed by atoms with Gasteiger partial charge in [0.25, 0.3) is 5.78 Å². The van der Waals surface area contributed by atoms with Crippen molar-refractivity contribution in [2.45, 2.75) is 32.4 Å². The number of aryl methyl sites for hydroxylation is 1. The number of aliphatic hydroxyl groups excluding tert-OH is 1. The molecule has 35 heavy (non-hydrogen) atoms. The van der Waals surface area contributed by atoms with Crippen LogP contribution < -0.4 is 9.64 Å². The number of amides is 1. The molecule has 0 saturated carbocycles. The summed E-state index contributed by atoms with van der Waals surface area (Å²) < 4.78 is 10.5. The van der Waals surface area contributed by atoms with Gasteiger partial charge in [0.2, 0.25) is 5.13 Å². The molecular weight excluding hydrogens is 470 g/mol. The molecule has 3 heterocycles. The van der Waals surface area contributed by atoms with Crippen LogP contribution in [0.3, 0.4) is 0 Å². The lowest BCUT2D eigenvalue weighted by atomic mass is 9.94. The van der Waals surface area contributed by atoms with Crippen LogP contribution >= 0.6 is 11.3 Å². The molecule has 2 aliphatic heterocycles. The Morgan fingerprint density at radius 2 is 1.86 bits per heavy atom. The fourth-order valence-corrected chi connectivity index (χ4v) is 5.09. The van der Waals surface area contributed by atoms with Crippen molar-refractivity contribution >= 4 is 39.9 Å². The first kappa shape index (κ1) is 22.7. The topological polar surface area (TPSA) is 119 Å². The highest BCUT2D eigenvalue weighted by molar-refractivity contribution is 7.15. The average Bonchev–Trinajstić information content (AvgIpc) is 3.52. The van der Waals surface area contributed by atoms with Crippen molar-refractivity contribution in [3.63, 3.8) is 0 Å². The van der Waals surface area contributed by atoms with Gasteiger partial charge in [-0.15, -0.1) is 10.2 Å². The van der Waals surface area contributed by atoms with Crippen LogP contribution in [0.25, 0.3) is 5.76 Å². The normalized spacial score (nSPS) is 20.6. The third-order valence-corrected chi connectivity index (χ3v) is 6.82. The van der Waals surface area contributed by atoms with Gasteiger partial charge in [-0.3, -0.25) is 14.5 Å². The monoisotopic (exact) mass is 491 g/mol. The number of aromatic nitrogens is 2. The smallest absolute Gasteiger partial charge is 0.337 e. The number of Topliss-reactive ketones (excluding diaryl/α,β-unsaturated/α-hetero) is 1. The van der Waals surface area contributed by atoms with Crippen LogP contribution in [0, 0.1) is 6.92 Å². The zero-order chi connectivity index (χ0) is 24.9. The molecule has 2 aromatic carbocycles. The van der Waals surface area contributed by atoms with Gasteiger partial charge >= 0.3 is 11.9 Å². The number of hydrogen-bond acceptors (Lipinski definition) is 9. The third kappa shape index (κ3) is 3.85. The largest absolute Gasteiger partial charge is 0.507 e. The van der Waals surface area contributed by atoms with Gasteiger partial charge in [0, 0.05) is 12.0 Å². The Kier molecular flexibility index (Phi) is 5.60. The maximum Gasteiger partial charge on any atom is 0.337 e. The van der Waals surface area contributed by atoms with Crippen LogP contribution in [0.15, 0.2) is 48.0 Å². The van der Waals surface area contributed by atoms with Crippen LogP contribution in [0.5, 0.6) is 5.75 Å². The van der Waals surface area contributed by atoms with E-state index in [4.69, 9.17) is 9.47 Å². The van der Waals surface area contributed by atoms with E-state index in [0.29, 0.717) is 28.1 Å². The summed E-state index contributed by atoms with van der Waals surface area (Å²) in [5.41, 5.74) is 2.08. The second-order valence-electron chi connectivity index (χ2n) is 8.34. The predicted octanol–water partition coefficient (Wildman–Crippen LogP) is 3.58. The van der Waals surface area contributed by atoms with Crippen LogP contribution in [0.1, 0.15) is 45.0 Å². The Bertz CT molecular complexity index is 1390. The number of benzene rings is 2. The Morgan fingerprint density at radius 3 is 2.51 bits per heavy atom. The average molecular weight is 492 g/mol. The zero-order valence-electron chi connectivity index (χ0n) is 19.1. The van der Waals surface area contributed by atoms with E-state index in [1.165, 1.54) is 12.0 Å². The highest BCUT2D eigenvalue weighted by atomic mass is 32.1. The van der Waals surface area contributed by atoms with Gasteiger partial charge in [0.1, 0.15) is 22.6 Å². The number of fused-ring (bicyclic) bond motifs is 1. The minimum Gasteiger partial charge on any atom is -0.507 e. The quantitative estimate of drug-likeness (QED) is 0.255. The Hall–Kier alpha value is -4.05. The lowest BCUT2D eigenvalue weighted by Gasteiger charge is -2.22.